The van der Waals surface area contributed by atoms with Crippen LogP contribution < -0.4 is 15.6 Å². The first-order valence-electron chi connectivity index (χ1n) is 12.1. The molecule has 0 aliphatic rings. The molecule has 3 aromatic carbocycles. The maximum absolute atomic E-state index is 13.3. The molecule has 7 nitrogen and oxygen atoms in total. The van der Waals surface area contributed by atoms with Crippen LogP contribution in [0.1, 0.15) is 10.4 Å². The fourth-order valence-corrected chi connectivity index (χ4v) is 4.14. The topological polar surface area (TPSA) is 86.4 Å². The number of aromatic nitrogens is 2. The first kappa shape index (κ1) is 23.9. The van der Waals surface area contributed by atoms with Crippen LogP contribution in [0.2, 0.25) is 0 Å². The quantitative estimate of drug-likeness (QED) is 0.262. The van der Waals surface area contributed by atoms with Crippen LogP contribution in [0.3, 0.4) is 0 Å². The number of furan rings is 1. The van der Waals surface area contributed by atoms with Crippen LogP contribution in [-0.4, -0.2) is 15.5 Å². The zero-order chi connectivity index (χ0) is 26.8. The minimum atomic E-state index is -0.565. The van der Waals surface area contributed by atoms with Crippen LogP contribution in [0.25, 0.3) is 28.1 Å². The Kier molecular flexibility index (Phi) is 6.18. The van der Waals surface area contributed by atoms with Crippen molar-refractivity contribution >= 4 is 22.7 Å². The van der Waals surface area contributed by atoms with Gasteiger partial charge in [0.15, 0.2) is 11.3 Å². The highest BCUT2D eigenvalue weighted by molar-refractivity contribution is 6.04. The Balaban J connectivity index is 1.19. The number of carbonyl (C=O) groups is 1. The van der Waals surface area contributed by atoms with Gasteiger partial charge >= 0.3 is 0 Å². The van der Waals surface area contributed by atoms with Crippen molar-refractivity contribution in [1.82, 2.24) is 9.55 Å². The summed E-state index contributed by atoms with van der Waals surface area (Å²) in [6, 6.07) is 28.5. The molecule has 0 radical (unpaired) electrons. The molecule has 8 heteroatoms. The molecule has 0 spiro atoms. The van der Waals surface area contributed by atoms with Crippen LogP contribution >= 0.6 is 0 Å². The Morgan fingerprint density at radius 3 is 2.44 bits per heavy atom. The number of fused-ring (bicyclic) bond motifs is 1. The summed E-state index contributed by atoms with van der Waals surface area (Å²) >= 11 is 0. The number of nitrogens with one attached hydrogen (secondary N) is 1. The molecule has 0 aliphatic carbocycles. The summed E-state index contributed by atoms with van der Waals surface area (Å²) in [6.45, 7) is 0. The standard InChI is InChI=1S/C31H20FN3O4/c32-21-8-12-23(13-9-21)35-18-4-7-25(31(35)37)30(36)34-22-10-14-24(15-11-22)38-27-16-17-33-26-19-28(39-29(26)27)20-5-2-1-3-6-20/h1-19H,(H,34,36). The molecule has 0 atom stereocenters. The van der Waals surface area contributed by atoms with Crippen molar-refractivity contribution in [2.24, 2.45) is 0 Å². The fourth-order valence-electron chi connectivity index (χ4n) is 4.14. The smallest absolute Gasteiger partial charge is 0.267 e. The second-order valence-electron chi connectivity index (χ2n) is 8.65. The van der Waals surface area contributed by atoms with Gasteiger partial charge in [-0.1, -0.05) is 30.3 Å². The van der Waals surface area contributed by atoms with Crippen molar-refractivity contribution in [2.75, 3.05) is 5.32 Å². The van der Waals surface area contributed by atoms with Crippen molar-refractivity contribution in [3.63, 3.8) is 0 Å². The van der Waals surface area contributed by atoms with Gasteiger partial charge in [0.25, 0.3) is 11.5 Å². The minimum Gasteiger partial charge on any atom is -0.453 e. The highest BCUT2D eigenvalue weighted by atomic mass is 19.1. The SMILES string of the molecule is O=C(Nc1ccc(Oc2ccnc3cc(-c4ccccc4)oc23)cc1)c1cccn(-c2ccc(F)cc2)c1=O. The van der Waals surface area contributed by atoms with E-state index in [0.29, 0.717) is 39.7 Å². The van der Waals surface area contributed by atoms with Gasteiger partial charge in [-0.15, -0.1) is 0 Å². The molecular weight excluding hydrogens is 497 g/mol. The first-order chi connectivity index (χ1) is 19.0. The van der Waals surface area contributed by atoms with Crippen molar-refractivity contribution in [1.29, 1.82) is 0 Å². The Bertz CT molecular complexity index is 1840. The molecular formula is C31H20FN3O4. The van der Waals surface area contributed by atoms with Crippen molar-refractivity contribution in [3.05, 3.63) is 137 Å². The molecule has 0 fully saturated rings. The van der Waals surface area contributed by atoms with Gasteiger partial charge in [-0.05, 0) is 60.7 Å². The number of hydrogen-bond donors (Lipinski definition) is 1. The largest absolute Gasteiger partial charge is 0.453 e. The Hall–Kier alpha value is -5.50. The van der Waals surface area contributed by atoms with Crippen molar-refractivity contribution < 1.29 is 18.3 Å². The van der Waals surface area contributed by atoms with E-state index in [-0.39, 0.29) is 5.56 Å². The summed E-state index contributed by atoms with van der Waals surface area (Å²) in [5.74, 6) is 0.736. The number of carbonyl (C=O) groups excluding carboxylic acids is 1. The highest BCUT2D eigenvalue weighted by Gasteiger charge is 2.15. The number of amides is 1. The molecule has 0 aliphatic heterocycles. The van der Waals surface area contributed by atoms with E-state index in [0.717, 1.165) is 5.56 Å². The Labute approximate surface area is 221 Å². The number of anilines is 1. The zero-order valence-electron chi connectivity index (χ0n) is 20.4. The number of nitrogens with zero attached hydrogens (tertiary/aromatic N) is 2. The summed E-state index contributed by atoms with van der Waals surface area (Å²) < 4.78 is 26.7. The van der Waals surface area contributed by atoms with Gasteiger partial charge < -0.3 is 14.5 Å². The van der Waals surface area contributed by atoms with E-state index < -0.39 is 17.3 Å². The van der Waals surface area contributed by atoms with E-state index in [4.69, 9.17) is 9.15 Å². The number of halogens is 1. The molecule has 3 heterocycles. The van der Waals surface area contributed by atoms with E-state index >= 15 is 0 Å². The third-order valence-corrected chi connectivity index (χ3v) is 6.07. The monoisotopic (exact) mass is 517 g/mol. The van der Waals surface area contributed by atoms with Gasteiger partial charge in [0.1, 0.15) is 28.4 Å². The first-order valence-corrected chi connectivity index (χ1v) is 12.1. The van der Waals surface area contributed by atoms with Crippen LogP contribution in [-0.2, 0) is 0 Å². The van der Waals surface area contributed by atoms with Gasteiger partial charge in [-0.2, -0.15) is 0 Å². The third-order valence-electron chi connectivity index (χ3n) is 6.07. The summed E-state index contributed by atoms with van der Waals surface area (Å²) in [4.78, 5) is 30.2. The fraction of sp³-hybridized carbons (Fsp3) is 0. The van der Waals surface area contributed by atoms with Gasteiger partial charge in [-0.25, -0.2) is 4.39 Å². The summed E-state index contributed by atoms with van der Waals surface area (Å²) in [7, 11) is 0. The molecule has 3 aromatic heterocycles. The van der Waals surface area contributed by atoms with Gasteiger partial charge in [0, 0.05) is 41.5 Å². The molecule has 190 valence electrons. The van der Waals surface area contributed by atoms with E-state index in [1.54, 1.807) is 42.6 Å². The third kappa shape index (κ3) is 4.91. The molecule has 6 aromatic rings. The molecule has 1 amide bonds. The van der Waals surface area contributed by atoms with E-state index in [1.165, 1.54) is 41.1 Å². The lowest BCUT2D eigenvalue weighted by Crippen LogP contribution is -2.27. The number of hydrogen-bond acceptors (Lipinski definition) is 5. The normalized spacial score (nSPS) is 10.9. The number of benzene rings is 3. The van der Waals surface area contributed by atoms with Gasteiger partial charge in [-0.3, -0.25) is 19.1 Å². The zero-order valence-corrected chi connectivity index (χ0v) is 20.4. The van der Waals surface area contributed by atoms with Gasteiger partial charge in [0.2, 0.25) is 0 Å². The Morgan fingerprint density at radius 2 is 1.67 bits per heavy atom. The molecule has 0 saturated heterocycles. The highest BCUT2D eigenvalue weighted by Crippen LogP contribution is 2.34. The molecule has 6 rings (SSSR count). The molecule has 0 saturated carbocycles. The van der Waals surface area contributed by atoms with E-state index in [9.17, 15) is 14.0 Å². The lowest BCUT2D eigenvalue weighted by molar-refractivity contribution is 0.102. The minimum absolute atomic E-state index is 0.0478. The van der Waals surface area contributed by atoms with E-state index in [2.05, 4.69) is 10.3 Å². The van der Waals surface area contributed by atoms with Crippen LogP contribution in [0.5, 0.6) is 11.5 Å². The van der Waals surface area contributed by atoms with Crippen molar-refractivity contribution in [2.45, 2.75) is 0 Å². The maximum Gasteiger partial charge on any atom is 0.267 e. The summed E-state index contributed by atoms with van der Waals surface area (Å²) in [5, 5.41) is 2.73. The number of ether oxygens (including phenoxy) is 1. The van der Waals surface area contributed by atoms with Gasteiger partial charge in [0.05, 0.1) is 0 Å². The van der Waals surface area contributed by atoms with Crippen LogP contribution in [0, 0.1) is 5.82 Å². The lowest BCUT2D eigenvalue weighted by Gasteiger charge is -2.10. The van der Waals surface area contributed by atoms with Crippen LogP contribution in [0.4, 0.5) is 10.1 Å². The molecule has 0 unspecified atom stereocenters. The second-order valence-corrected chi connectivity index (χ2v) is 8.65. The predicted molar refractivity (Wildman–Crippen MR) is 146 cm³/mol. The van der Waals surface area contributed by atoms with Crippen molar-refractivity contribution in [3.8, 4) is 28.5 Å². The second kappa shape index (κ2) is 10.1. The summed E-state index contributed by atoms with van der Waals surface area (Å²) in [6.07, 6.45) is 3.17. The molecule has 1 N–H and O–H groups in total. The predicted octanol–water partition coefficient (Wildman–Crippen LogP) is 6.83. The van der Waals surface area contributed by atoms with E-state index in [1.807, 2.05) is 36.4 Å². The average molecular weight is 518 g/mol. The lowest BCUT2D eigenvalue weighted by atomic mass is 10.2. The number of rotatable bonds is 6. The Morgan fingerprint density at radius 1 is 0.897 bits per heavy atom. The number of pyridine rings is 2. The average Bonchev–Trinajstić information content (AvgIpc) is 3.41. The maximum atomic E-state index is 13.3. The molecule has 0 bridgehead atoms. The summed E-state index contributed by atoms with van der Waals surface area (Å²) in [5.41, 5.74) is 2.50. The molecule has 39 heavy (non-hydrogen) atoms. The van der Waals surface area contributed by atoms with Crippen LogP contribution in [0.15, 0.2) is 125 Å².